The number of ether oxygens (including phenoxy) is 1. The van der Waals surface area contributed by atoms with E-state index in [9.17, 15) is 0 Å². The highest BCUT2D eigenvalue weighted by Gasteiger charge is 2.07. The normalized spacial score (nSPS) is 9.92. The van der Waals surface area contributed by atoms with Crippen LogP contribution in [0.4, 0.5) is 0 Å². The third-order valence-corrected chi connectivity index (χ3v) is 1.71. The van der Waals surface area contributed by atoms with Gasteiger partial charge in [0.2, 0.25) is 12.2 Å². The first-order chi connectivity index (χ1) is 6.42. The molecule has 66 valence electrons. The summed E-state index contributed by atoms with van der Waals surface area (Å²) in [4.78, 5) is 3.94. The van der Waals surface area contributed by atoms with E-state index in [2.05, 4.69) is 14.7 Å². The molecular formula is C9H8N2O2. The minimum absolute atomic E-state index is 0.539. The van der Waals surface area contributed by atoms with Gasteiger partial charge in [0.25, 0.3) is 0 Å². The SMILES string of the molecule is COc1ccccc1-c1ncon1. The maximum absolute atomic E-state index is 5.15. The van der Waals surface area contributed by atoms with Gasteiger partial charge in [-0.3, -0.25) is 0 Å². The Morgan fingerprint density at radius 3 is 2.85 bits per heavy atom. The zero-order valence-electron chi connectivity index (χ0n) is 7.10. The molecule has 0 aliphatic carbocycles. The largest absolute Gasteiger partial charge is 0.496 e. The van der Waals surface area contributed by atoms with Crippen molar-refractivity contribution in [3.8, 4) is 17.1 Å². The minimum Gasteiger partial charge on any atom is -0.496 e. The van der Waals surface area contributed by atoms with Crippen LogP contribution in [0.2, 0.25) is 0 Å². The minimum atomic E-state index is 0.539. The van der Waals surface area contributed by atoms with Crippen LogP contribution >= 0.6 is 0 Å². The lowest BCUT2D eigenvalue weighted by Gasteiger charge is -2.02. The average Bonchev–Trinajstić information content (AvgIpc) is 2.70. The van der Waals surface area contributed by atoms with E-state index in [1.54, 1.807) is 7.11 Å². The van der Waals surface area contributed by atoms with Crippen LogP contribution in [-0.4, -0.2) is 17.3 Å². The quantitative estimate of drug-likeness (QED) is 0.699. The topological polar surface area (TPSA) is 48.2 Å². The van der Waals surface area contributed by atoms with Gasteiger partial charge in [-0.1, -0.05) is 17.3 Å². The van der Waals surface area contributed by atoms with Crippen molar-refractivity contribution in [3.63, 3.8) is 0 Å². The van der Waals surface area contributed by atoms with Gasteiger partial charge in [-0.15, -0.1) is 0 Å². The third-order valence-electron chi connectivity index (χ3n) is 1.71. The molecule has 0 aliphatic heterocycles. The lowest BCUT2D eigenvalue weighted by Crippen LogP contribution is -1.88. The molecule has 0 fully saturated rings. The van der Waals surface area contributed by atoms with Gasteiger partial charge in [0, 0.05) is 0 Å². The van der Waals surface area contributed by atoms with Crippen LogP contribution in [0.3, 0.4) is 0 Å². The van der Waals surface area contributed by atoms with Crippen LogP contribution in [0.5, 0.6) is 5.75 Å². The second-order valence-corrected chi connectivity index (χ2v) is 2.46. The Kier molecular flexibility index (Phi) is 1.96. The van der Waals surface area contributed by atoms with E-state index in [4.69, 9.17) is 4.74 Å². The molecule has 1 aromatic heterocycles. The van der Waals surface area contributed by atoms with E-state index < -0.39 is 0 Å². The van der Waals surface area contributed by atoms with E-state index in [0.29, 0.717) is 5.82 Å². The van der Waals surface area contributed by atoms with Crippen molar-refractivity contribution in [1.82, 2.24) is 10.1 Å². The van der Waals surface area contributed by atoms with Gasteiger partial charge in [-0.05, 0) is 12.1 Å². The molecule has 0 saturated heterocycles. The fraction of sp³-hybridized carbons (Fsp3) is 0.111. The van der Waals surface area contributed by atoms with Gasteiger partial charge in [0.1, 0.15) is 5.75 Å². The molecule has 0 saturated carbocycles. The average molecular weight is 176 g/mol. The Labute approximate surface area is 75.2 Å². The number of methoxy groups -OCH3 is 1. The number of benzene rings is 1. The molecule has 0 atom stereocenters. The van der Waals surface area contributed by atoms with Gasteiger partial charge < -0.3 is 9.26 Å². The Balaban J connectivity index is 2.51. The molecule has 0 bridgehead atoms. The molecule has 0 aliphatic rings. The zero-order chi connectivity index (χ0) is 9.10. The van der Waals surface area contributed by atoms with Crippen LogP contribution in [0.25, 0.3) is 11.4 Å². The van der Waals surface area contributed by atoms with Gasteiger partial charge in [-0.2, -0.15) is 4.98 Å². The second kappa shape index (κ2) is 3.26. The summed E-state index contributed by atoms with van der Waals surface area (Å²) < 4.78 is 9.80. The predicted molar refractivity (Wildman–Crippen MR) is 46.3 cm³/mol. The van der Waals surface area contributed by atoms with Crippen LogP contribution in [0.1, 0.15) is 0 Å². The standard InChI is InChI=1S/C9H8N2O2/c1-12-8-5-3-2-4-7(8)9-10-6-13-11-9/h2-6H,1H3. The molecule has 0 unspecified atom stereocenters. The van der Waals surface area contributed by atoms with Gasteiger partial charge in [0.15, 0.2) is 0 Å². The van der Waals surface area contributed by atoms with Crippen molar-refractivity contribution in [1.29, 1.82) is 0 Å². The van der Waals surface area contributed by atoms with E-state index >= 15 is 0 Å². The highest BCUT2D eigenvalue weighted by Crippen LogP contribution is 2.25. The molecular weight excluding hydrogens is 168 g/mol. The summed E-state index contributed by atoms with van der Waals surface area (Å²) in [6.07, 6.45) is 1.29. The van der Waals surface area contributed by atoms with Gasteiger partial charge in [-0.25, -0.2) is 0 Å². The van der Waals surface area contributed by atoms with Crippen molar-refractivity contribution in [2.45, 2.75) is 0 Å². The third kappa shape index (κ3) is 1.38. The Morgan fingerprint density at radius 2 is 2.15 bits per heavy atom. The number of hydrogen-bond acceptors (Lipinski definition) is 4. The number of rotatable bonds is 2. The lowest BCUT2D eigenvalue weighted by atomic mass is 10.2. The van der Waals surface area contributed by atoms with Crippen molar-refractivity contribution in [2.24, 2.45) is 0 Å². The van der Waals surface area contributed by atoms with Crippen LogP contribution in [-0.2, 0) is 0 Å². The van der Waals surface area contributed by atoms with Crippen molar-refractivity contribution < 1.29 is 9.26 Å². The second-order valence-electron chi connectivity index (χ2n) is 2.46. The molecule has 0 spiro atoms. The number of nitrogens with zero attached hydrogens (tertiary/aromatic N) is 2. The predicted octanol–water partition coefficient (Wildman–Crippen LogP) is 1.75. The van der Waals surface area contributed by atoms with Crippen molar-refractivity contribution in [2.75, 3.05) is 7.11 Å². The van der Waals surface area contributed by atoms with Crippen LogP contribution in [0.15, 0.2) is 35.2 Å². The van der Waals surface area contributed by atoms with E-state index in [1.165, 1.54) is 6.39 Å². The Morgan fingerprint density at radius 1 is 1.31 bits per heavy atom. The molecule has 1 aromatic carbocycles. The summed E-state index contributed by atoms with van der Waals surface area (Å²) in [6.45, 7) is 0. The first kappa shape index (κ1) is 7.79. The van der Waals surface area contributed by atoms with Gasteiger partial charge in [0.05, 0.1) is 12.7 Å². The van der Waals surface area contributed by atoms with E-state index in [1.807, 2.05) is 24.3 Å². The highest BCUT2D eigenvalue weighted by atomic mass is 16.5. The first-order valence-corrected chi connectivity index (χ1v) is 3.81. The summed E-state index contributed by atoms with van der Waals surface area (Å²) in [6, 6.07) is 7.52. The fourth-order valence-electron chi connectivity index (χ4n) is 1.12. The molecule has 4 nitrogen and oxygen atoms in total. The monoisotopic (exact) mass is 176 g/mol. The smallest absolute Gasteiger partial charge is 0.214 e. The summed E-state index contributed by atoms with van der Waals surface area (Å²) in [5.74, 6) is 1.28. The van der Waals surface area contributed by atoms with Crippen LogP contribution < -0.4 is 4.74 Å². The lowest BCUT2D eigenvalue weighted by molar-refractivity contribution is 0.410. The van der Waals surface area contributed by atoms with E-state index in [-0.39, 0.29) is 0 Å². The number of para-hydroxylation sites is 1. The molecule has 4 heteroatoms. The molecule has 13 heavy (non-hydrogen) atoms. The highest BCUT2D eigenvalue weighted by molar-refractivity contribution is 5.63. The maximum atomic E-state index is 5.15. The molecule has 2 rings (SSSR count). The summed E-state index contributed by atoms with van der Waals surface area (Å²) in [7, 11) is 1.61. The summed E-state index contributed by atoms with van der Waals surface area (Å²) in [5, 5.41) is 3.73. The van der Waals surface area contributed by atoms with Crippen LogP contribution in [0, 0.1) is 0 Å². The van der Waals surface area contributed by atoms with Gasteiger partial charge >= 0.3 is 0 Å². The molecule has 2 aromatic rings. The maximum Gasteiger partial charge on any atom is 0.214 e. The van der Waals surface area contributed by atoms with Crippen molar-refractivity contribution >= 4 is 0 Å². The molecule has 0 N–H and O–H groups in total. The zero-order valence-corrected chi connectivity index (χ0v) is 7.10. The molecule has 0 radical (unpaired) electrons. The first-order valence-electron chi connectivity index (χ1n) is 3.81. The van der Waals surface area contributed by atoms with E-state index in [0.717, 1.165) is 11.3 Å². The fourth-order valence-corrected chi connectivity index (χ4v) is 1.12. The summed E-state index contributed by atoms with van der Waals surface area (Å²) in [5.41, 5.74) is 0.832. The molecule has 1 heterocycles. The number of hydrogen-bond donors (Lipinski definition) is 0. The Hall–Kier alpha value is -1.84. The summed E-state index contributed by atoms with van der Waals surface area (Å²) >= 11 is 0. The Bertz CT molecular complexity index is 384. The number of aromatic nitrogens is 2. The molecule has 0 amide bonds. The van der Waals surface area contributed by atoms with Crippen molar-refractivity contribution in [3.05, 3.63) is 30.7 Å².